The highest BCUT2D eigenvalue weighted by Gasteiger charge is 2.35. The largest absolute Gasteiger partial charge is 0.481 e. The second-order valence-electron chi connectivity index (χ2n) is 12.6. The van der Waals surface area contributed by atoms with Gasteiger partial charge in [0.15, 0.2) is 0 Å². The number of hydrogen-bond donors (Lipinski definition) is 13. The SMILES string of the molecule is C[C@H](NC(=O)[C@H](CC(=O)O)NC(=O)[C@H](Cc1ccccc1)NC(=O)[C@H](CCCCN)NC(=O)[C@@H](NC(=O)[C@H](CO)NC(=O)[C@@H](N)CC(N)=O)[C@@H](C)O)C(=O)O. The van der Waals surface area contributed by atoms with Crippen molar-refractivity contribution in [3.8, 4) is 0 Å². The molecule has 0 spiro atoms. The molecule has 22 nitrogen and oxygen atoms in total. The summed E-state index contributed by atoms with van der Waals surface area (Å²) >= 11 is 0. The molecule has 8 atom stereocenters. The van der Waals surface area contributed by atoms with E-state index >= 15 is 0 Å². The minimum absolute atomic E-state index is 0.0703. The number of hydrogen-bond acceptors (Lipinski definition) is 13. The molecule has 0 fully saturated rings. The molecule has 1 aromatic carbocycles. The van der Waals surface area contributed by atoms with Crippen LogP contribution in [-0.2, 0) is 49.6 Å². The van der Waals surface area contributed by atoms with E-state index in [9.17, 15) is 58.5 Å². The van der Waals surface area contributed by atoms with Crippen LogP contribution < -0.4 is 49.1 Å². The van der Waals surface area contributed by atoms with Crippen molar-refractivity contribution in [2.24, 2.45) is 17.2 Å². The standard InChI is InChI=1S/C33H51N9O13/c1-16(33(54)55)37-29(50)22(14-25(46)47)40-30(51)21(12-18-8-4-3-5-9-18)39-28(49)20(10-6-7-11-34)38-32(53)26(17(2)44)42-31(52)23(15-43)41-27(48)19(35)13-24(36)45/h3-5,8-9,16-17,19-23,26,43-44H,6-7,10-15,34-35H2,1-2H3,(H2,36,45)(H,37,50)(H,38,53)(H,39,49)(H,40,51)(H,41,48)(H,42,52)(H,46,47)(H,54,55)/t16-,17+,19-,20-,21-,22-,23-,26-/m0/s1. The monoisotopic (exact) mass is 781 g/mol. The van der Waals surface area contributed by atoms with Crippen molar-refractivity contribution >= 4 is 53.3 Å². The van der Waals surface area contributed by atoms with Gasteiger partial charge in [-0.15, -0.1) is 0 Å². The van der Waals surface area contributed by atoms with Gasteiger partial charge in [0.25, 0.3) is 0 Å². The number of carboxylic acids is 2. The Bertz CT molecular complexity index is 1510. The Morgan fingerprint density at radius 1 is 0.673 bits per heavy atom. The molecule has 0 heterocycles. The maximum atomic E-state index is 13.8. The van der Waals surface area contributed by atoms with Gasteiger partial charge in [0, 0.05) is 6.42 Å². The van der Waals surface area contributed by atoms with E-state index < -0.39 is 121 Å². The van der Waals surface area contributed by atoms with Crippen molar-refractivity contribution in [2.45, 2.75) is 101 Å². The Balaban J connectivity index is 3.34. The zero-order chi connectivity index (χ0) is 41.8. The van der Waals surface area contributed by atoms with Gasteiger partial charge < -0.3 is 69.5 Å². The van der Waals surface area contributed by atoms with Crippen LogP contribution in [0.2, 0.25) is 0 Å². The number of aliphatic hydroxyl groups is 2. The number of rotatable bonds is 25. The maximum absolute atomic E-state index is 13.8. The van der Waals surface area contributed by atoms with Crippen molar-refractivity contribution in [2.75, 3.05) is 13.2 Å². The Labute approximate surface area is 315 Å². The lowest BCUT2D eigenvalue weighted by molar-refractivity contribution is -0.143. The predicted molar refractivity (Wildman–Crippen MR) is 191 cm³/mol. The molecule has 1 rings (SSSR count). The molecule has 306 valence electrons. The number of carboxylic acid groups (broad SMARTS) is 2. The van der Waals surface area contributed by atoms with Crippen LogP contribution in [0, 0.1) is 0 Å². The van der Waals surface area contributed by atoms with Crippen LogP contribution in [0.25, 0.3) is 0 Å². The highest BCUT2D eigenvalue weighted by atomic mass is 16.4. The van der Waals surface area contributed by atoms with Crippen LogP contribution in [0.4, 0.5) is 0 Å². The molecule has 0 aliphatic rings. The van der Waals surface area contributed by atoms with Gasteiger partial charge in [0.2, 0.25) is 41.4 Å². The summed E-state index contributed by atoms with van der Waals surface area (Å²) in [5, 5.41) is 52.2. The topological polar surface area (TPSA) is 385 Å². The van der Waals surface area contributed by atoms with Crippen LogP contribution in [0.5, 0.6) is 0 Å². The number of carbonyl (C=O) groups is 9. The van der Waals surface area contributed by atoms with E-state index in [0.717, 1.165) is 13.8 Å². The van der Waals surface area contributed by atoms with Gasteiger partial charge in [-0.05, 0) is 45.2 Å². The van der Waals surface area contributed by atoms with Gasteiger partial charge in [0.1, 0.15) is 36.3 Å². The lowest BCUT2D eigenvalue weighted by atomic mass is 10.0. The number of benzene rings is 1. The van der Waals surface area contributed by atoms with E-state index in [4.69, 9.17) is 22.3 Å². The summed E-state index contributed by atoms with van der Waals surface area (Å²) in [5.41, 5.74) is 16.7. The first kappa shape index (κ1) is 47.3. The van der Waals surface area contributed by atoms with E-state index in [-0.39, 0.29) is 25.8 Å². The first-order chi connectivity index (χ1) is 25.8. The zero-order valence-corrected chi connectivity index (χ0v) is 30.4. The van der Waals surface area contributed by atoms with Crippen LogP contribution in [0.15, 0.2) is 30.3 Å². The molecule has 22 heteroatoms. The Hall–Kier alpha value is -5.71. The van der Waals surface area contributed by atoms with Crippen molar-refractivity contribution in [3.05, 3.63) is 35.9 Å². The van der Waals surface area contributed by atoms with Gasteiger partial charge in [-0.2, -0.15) is 0 Å². The fraction of sp³-hybridized carbons (Fsp3) is 0.545. The second-order valence-corrected chi connectivity index (χ2v) is 12.6. The normalized spacial score (nSPS) is 15.2. The lowest BCUT2D eigenvalue weighted by Gasteiger charge is -2.28. The van der Waals surface area contributed by atoms with E-state index in [2.05, 4.69) is 31.9 Å². The molecule has 0 bridgehead atoms. The highest BCUT2D eigenvalue weighted by molar-refractivity contribution is 5.98. The van der Waals surface area contributed by atoms with Crippen molar-refractivity contribution in [1.29, 1.82) is 0 Å². The van der Waals surface area contributed by atoms with E-state index in [1.807, 2.05) is 0 Å². The molecule has 0 aliphatic heterocycles. The van der Waals surface area contributed by atoms with Crippen LogP contribution in [0.3, 0.4) is 0 Å². The third-order valence-electron chi connectivity index (χ3n) is 7.87. The van der Waals surface area contributed by atoms with Gasteiger partial charge in [0.05, 0.1) is 31.6 Å². The number of nitrogens with one attached hydrogen (secondary N) is 6. The van der Waals surface area contributed by atoms with Crippen LogP contribution >= 0.6 is 0 Å². The molecule has 7 amide bonds. The predicted octanol–water partition coefficient (Wildman–Crippen LogP) is -5.58. The zero-order valence-electron chi connectivity index (χ0n) is 30.4. The lowest BCUT2D eigenvalue weighted by Crippen LogP contribution is -2.62. The molecule has 0 unspecified atom stereocenters. The summed E-state index contributed by atoms with van der Waals surface area (Å²) in [6.45, 7) is 1.47. The fourth-order valence-corrected chi connectivity index (χ4v) is 4.83. The first-order valence-electron chi connectivity index (χ1n) is 17.1. The molecule has 16 N–H and O–H groups in total. The Kier molecular flexibility index (Phi) is 20.5. The number of aliphatic hydroxyl groups excluding tert-OH is 2. The molecular weight excluding hydrogens is 730 g/mol. The minimum atomic E-state index is -1.77. The number of primary amides is 1. The molecule has 1 aromatic rings. The summed E-state index contributed by atoms with van der Waals surface area (Å²) < 4.78 is 0. The number of aliphatic carboxylic acids is 2. The molecule has 0 saturated carbocycles. The van der Waals surface area contributed by atoms with E-state index in [1.54, 1.807) is 30.3 Å². The van der Waals surface area contributed by atoms with Gasteiger partial charge in [-0.1, -0.05) is 30.3 Å². The average Bonchev–Trinajstić information content (AvgIpc) is 3.11. The number of amides is 7. The quantitative estimate of drug-likeness (QED) is 0.0412. The van der Waals surface area contributed by atoms with Crippen molar-refractivity contribution in [1.82, 2.24) is 31.9 Å². The number of nitrogens with two attached hydrogens (primary N) is 3. The summed E-state index contributed by atoms with van der Waals surface area (Å²) in [6.07, 6.45) is -2.74. The summed E-state index contributed by atoms with van der Waals surface area (Å²) in [4.78, 5) is 113. The fourth-order valence-electron chi connectivity index (χ4n) is 4.83. The third-order valence-corrected chi connectivity index (χ3v) is 7.87. The summed E-state index contributed by atoms with van der Waals surface area (Å²) in [6, 6.07) is -2.84. The average molecular weight is 782 g/mol. The maximum Gasteiger partial charge on any atom is 0.325 e. The highest BCUT2D eigenvalue weighted by Crippen LogP contribution is 2.09. The summed E-state index contributed by atoms with van der Waals surface area (Å²) in [7, 11) is 0. The van der Waals surface area contributed by atoms with Crippen molar-refractivity contribution in [3.63, 3.8) is 0 Å². The van der Waals surface area contributed by atoms with E-state index in [0.29, 0.717) is 12.0 Å². The molecule has 0 aliphatic carbocycles. The molecule has 0 aromatic heterocycles. The third kappa shape index (κ3) is 17.3. The Morgan fingerprint density at radius 3 is 1.73 bits per heavy atom. The van der Waals surface area contributed by atoms with Gasteiger partial charge in [-0.25, -0.2) is 0 Å². The second kappa shape index (κ2) is 23.9. The smallest absolute Gasteiger partial charge is 0.325 e. The van der Waals surface area contributed by atoms with Gasteiger partial charge >= 0.3 is 11.9 Å². The van der Waals surface area contributed by atoms with Crippen LogP contribution in [0.1, 0.15) is 51.5 Å². The van der Waals surface area contributed by atoms with Gasteiger partial charge in [-0.3, -0.25) is 43.2 Å². The number of unbranched alkanes of at least 4 members (excludes halogenated alkanes) is 1. The van der Waals surface area contributed by atoms with Crippen molar-refractivity contribution < 1.29 is 63.6 Å². The first-order valence-corrected chi connectivity index (χ1v) is 17.1. The minimum Gasteiger partial charge on any atom is -0.481 e. The van der Waals surface area contributed by atoms with E-state index in [1.165, 1.54) is 0 Å². The molecule has 0 saturated heterocycles. The Morgan fingerprint density at radius 2 is 1.20 bits per heavy atom. The van der Waals surface area contributed by atoms with Crippen LogP contribution in [-0.4, -0.2) is 135 Å². The number of carbonyl (C=O) groups excluding carboxylic acids is 7. The molecule has 55 heavy (non-hydrogen) atoms. The summed E-state index contributed by atoms with van der Waals surface area (Å²) in [5.74, 6) is -10.2. The molecular formula is C33H51N9O13. The molecule has 0 radical (unpaired) electrons.